The van der Waals surface area contributed by atoms with Crippen LogP contribution in [0.4, 0.5) is 0 Å². The Balaban J connectivity index is 0.000000227. The summed E-state index contributed by atoms with van der Waals surface area (Å²) in [6.45, 7) is 5.83. The van der Waals surface area contributed by atoms with Crippen molar-refractivity contribution in [3.8, 4) is 0 Å². The molecule has 4 saturated carbocycles. The summed E-state index contributed by atoms with van der Waals surface area (Å²) < 4.78 is 4.51. The molecule has 6 aliphatic rings. The third-order valence-electron chi connectivity index (χ3n) is 14.6. The van der Waals surface area contributed by atoms with Crippen LogP contribution in [0, 0.1) is 0 Å². The average molecular weight is 957 g/mol. The summed E-state index contributed by atoms with van der Waals surface area (Å²) in [5.74, 6) is 0. The van der Waals surface area contributed by atoms with Crippen molar-refractivity contribution in [2.24, 2.45) is 0 Å². The van der Waals surface area contributed by atoms with Crippen LogP contribution in [-0.4, -0.2) is 102 Å². The Bertz CT molecular complexity index is 1040. The van der Waals surface area contributed by atoms with Gasteiger partial charge in [0.25, 0.3) is 0 Å². The van der Waals surface area contributed by atoms with E-state index in [0.717, 1.165) is 5.56 Å². The van der Waals surface area contributed by atoms with Gasteiger partial charge in [-0.2, -0.15) is 0 Å². The second kappa shape index (κ2) is 26.1. The third-order valence-corrected chi connectivity index (χ3v) is 25.6. The van der Waals surface area contributed by atoms with Crippen LogP contribution in [0.3, 0.4) is 0 Å². The standard InChI is InChI=1S/2C19H37NP.C7H6.4ClH.Ru/c2*1-20(2)15-13-19(14-16-20)21(17-9-5-3-6-10-17)18-11-7-4-8-12-18;1-7-5-3-2-4-6-7;;;;;/h2*17-19H,3-16H2,1-2H3;1-6H;4*1H;/q2*+1;;;;;;+2/p-1. The molecular weight excluding hydrogens is 873 g/mol. The van der Waals surface area contributed by atoms with E-state index in [4.69, 9.17) is 19.4 Å². The molecule has 2 aliphatic heterocycles. The van der Waals surface area contributed by atoms with E-state index in [1.165, 1.54) is 94.8 Å². The van der Waals surface area contributed by atoms with Gasteiger partial charge < -0.3 is 21.4 Å². The Labute approximate surface area is 362 Å². The third kappa shape index (κ3) is 17.0. The normalized spacial score (nSPS) is 25.2. The number of nitrogens with zero attached hydrogens (tertiary/aromatic N) is 2. The van der Waals surface area contributed by atoms with Gasteiger partial charge >= 0.3 is 73.4 Å². The van der Waals surface area contributed by atoms with Crippen LogP contribution >= 0.6 is 47.6 Å². The van der Waals surface area contributed by atoms with Gasteiger partial charge in [-0.3, -0.25) is 0 Å². The first-order valence-corrected chi connectivity index (χ1v) is 31.3. The SMILES string of the molecule is C[N+]1(C)CCC([PH+](C2CCCCC2)C2CCCCC2)CC1.C[N+]1(C)CCC([PH+](C2CCCCC2)C2CCCCC2)CC1.Cl.[Cl-].[Cl][Ru]([Cl])=[CH]c1ccccc1. The quantitative estimate of drug-likeness (QED) is 0.145. The molecule has 9 heteroatoms. The molecule has 316 valence electrons. The summed E-state index contributed by atoms with van der Waals surface area (Å²) in [4.78, 5) is 0. The number of benzene rings is 1. The molecule has 2 saturated heterocycles. The van der Waals surface area contributed by atoms with E-state index < -0.39 is 13.5 Å². The zero-order valence-electron chi connectivity index (χ0n) is 35.0. The number of piperidine rings is 2. The average Bonchev–Trinajstić information content (AvgIpc) is 3.16. The molecular formula is C45H83Cl4N2P2Ru+3. The van der Waals surface area contributed by atoms with Gasteiger partial charge in [0.15, 0.2) is 0 Å². The number of likely N-dealkylation sites (tertiary alicyclic amines) is 2. The van der Waals surface area contributed by atoms with Gasteiger partial charge in [0.1, 0.15) is 0 Å². The van der Waals surface area contributed by atoms with Gasteiger partial charge in [0, 0.05) is 41.5 Å². The van der Waals surface area contributed by atoms with Gasteiger partial charge in [0.2, 0.25) is 0 Å². The number of rotatable bonds is 7. The Hall–Kier alpha value is 1.65. The summed E-state index contributed by atoms with van der Waals surface area (Å²) in [5, 5.41) is 0. The second-order valence-electron chi connectivity index (χ2n) is 19.4. The summed E-state index contributed by atoms with van der Waals surface area (Å²) >= 11 is -1.61. The van der Waals surface area contributed by atoms with Crippen molar-refractivity contribution in [3.05, 3.63) is 35.9 Å². The van der Waals surface area contributed by atoms with E-state index in [0.29, 0.717) is 0 Å². The Morgan fingerprint density at radius 3 is 0.981 bits per heavy atom. The minimum atomic E-state index is -1.61. The van der Waals surface area contributed by atoms with Crippen LogP contribution in [0.2, 0.25) is 0 Å². The van der Waals surface area contributed by atoms with Gasteiger partial charge in [-0.1, -0.05) is 25.7 Å². The van der Waals surface area contributed by atoms with Crippen LogP contribution in [0.15, 0.2) is 30.3 Å². The van der Waals surface area contributed by atoms with Gasteiger partial charge in [-0.15, -0.1) is 12.4 Å². The van der Waals surface area contributed by atoms with Crippen molar-refractivity contribution in [1.29, 1.82) is 0 Å². The first-order chi connectivity index (χ1) is 25.1. The summed E-state index contributed by atoms with van der Waals surface area (Å²) in [6.07, 6.45) is 37.7. The molecule has 0 bridgehead atoms. The zero-order chi connectivity index (χ0) is 36.8. The molecule has 0 amide bonds. The van der Waals surface area contributed by atoms with Crippen molar-refractivity contribution in [2.75, 3.05) is 54.4 Å². The topological polar surface area (TPSA) is 0 Å². The minimum absolute atomic E-state index is 0. The molecule has 7 rings (SSSR count). The van der Waals surface area contributed by atoms with Crippen LogP contribution in [-0.2, 0) is 13.5 Å². The van der Waals surface area contributed by atoms with Crippen LogP contribution in [0.25, 0.3) is 0 Å². The molecule has 0 unspecified atom stereocenters. The fourth-order valence-corrected chi connectivity index (χ4v) is 23.5. The van der Waals surface area contributed by atoms with Crippen molar-refractivity contribution < 1.29 is 34.9 Å². The summed E-state index contributed by atoms with van der Waals surface area (Å²) in [6, 6.07) is 9.89. The van der Waals surface area contributed by atoms with E-state index in [2.05, 4.69) is 28.2 Å². The van der Waals surface area contributed by atoms with Gasteiger partial charge in [-0.05, 0) is 103 Å². The second-order valence-corrected chi connectivity index (χ2v) is 32.0. The molecule has 0 aromatic heterocycles. The maximum absolute atomic E-state index is 5.67. The van der Waals surface area contributed by atoms with E-state index in [1.54, 1.807) is 128 Å². The van der Waals surface area contributed by atoms with Crippen molar-refractivity contribution >= 4 is 52.2 Å². The van der Waals surface area contributed by atoms with Crippen LogP contribution in [0.1, 0.15) is 160 Å². The molecule has 0 N–H and O–H groups in total. The van der Waals surface area contributed by atoms with E-state index in [1.807, 2.05) is 34.9 Å². The van der Waals surface area contributed by atoms with E-state index in [9.17, 15) is 0 Å². The molecule has 54 heavy (non-hydrogen) atoms. The first-order valence-electron chi connectivity index (χ1n) is 22.4. The maximum atomic E-state index is 5.67. The van der Waals surface area contributed by atoms with Crippen molar-refractivity contribution in [2.45, 2.75) is 188 Å². The molecule has 0 radical (unpaired) electrons. The fourth-order valence-electron chi connectivity index (χ4n) is 11.6. The Morgan fingerprint density at radius 1 is 0.463 bits per heavy atom. The number of hydrogen-bond donors (Lipinski definition) is 0. The predicted octanol–water partition coefficient (Wildman–Crippen LogP) is 10.4. The number of halogens is 4. The molecule has 4 aliphatic carbocycles. The molecule has 6 fully saturated rings. The van der Waals surface area contributed by atoms with E-state index in [-0.39, 0.29) is 40.7 Å². The molecule has 0 spiro atoms. The molecule has 1 aromatic rings. The summed E-state index contributed by atoms with van der Waals surface area (Å²) in [7, 11) is 20.9. The monoisotopic (exact) mass is 955 g/mol. The molecule has 0 atom stereocenters. The first kappa shape index (κ1) is 50.0. The number of hydrogen-bond acceptors (Lipinski definition) is 0. The van der Waals surface area contributed by atoms with Crippen LogP contribution in [0.5, 0.6) is 0 Å². The number of quaternary nitrogens is 2. The predicted molar refractivity (Wildman–Crippen MR) is 244 cm³/mol. The van der Waals surface area contributed by atoms with Crippen LogP contribution < -0.4 is 12.4 Å². The Kier molecular flexibility index (Phi) is 24.2. The molecule has 2 heterocycles. The Morgan fingerprint density at radius 2 is 0.722 bits per heavy atom. The van der Waals surface area contributed by atoms with Gasteiger partial charge in [0.05, 0.1) is 88.3 Å². The van der Waals surface area contributed by atoms with Crippen molar-refractivity contribution in [1.82, 2.24) is 0 Å². The molecule has 2 nitrogen and oxygen atoms in total. The van der Waals surface area contributed by atoms with E-state index >= 15 is 0 Å². The zero-order valence-corrected chi connectivity index (χ0v) is 41.8. The van der Waals surface area contributed by atoms with Gasteiger partial charge in [-0.25, -0.2) is 0 Å². The fraction of sp³-hybridized carbons (Fsp3) is 0.844. The van der Waals surface area contributed by atoms with Crippen molar-refractivity contribution in [3.63, 3.8) is 0 Å². The molecule has 1 aromatic carbocycles. The summed E-state index contributed by atoms with van der Waals surface area (Å²) in [5.41, 5.74) is 8.26.